The van der Waals surface area contributed by atoms with Crippen molar-refractivity contribution in [1.82, 2.24) is 10.6 Å². The van der Waals surface area contributed by atoms with E-state index in [1.807, 2.05) is 12.2 Å². The largest absolute Gasteiger partial charge is 0.329 e. The van der Waals surface area contributed by atoms with Crippen LogP contribution in [0.4, 0.5) is 0 Å². The molecule has 4 nitrogen and oxygen atoms in total. The van der Waals surface area contributed by atoms with Crippen molar-refractivity contribution in [2.24, 2.45) is 10.7 Å². The van der Waals surface area contributed by atoms with E-state index in [2.05, 4.69) is 32.9 Å². The van der Waals surface area contributed by atoms with Crippen molar-refractivity contribution in [2.75, 3.05) is 32.7 Å². The van der Waals surface area contributed by atoms with Crippen molar-refractivity contribution in [3.05, 3.63) is 24.3 Å². The first kappa shape index (κ1) is 14.2. The van der Waals surface area contributed by atoms with Crippen LogP contribution in [0.25, 0.3) is 0 Å². The molecule has 1 aliphatic carbocycles. The van der Waals surface area contributed by atoms with Crippen LogP contribution in [0.3, 0.4) is 0 Å². The molecule has 1 unspecified atom stereocenters. The summed E-state index contributed by atoms with van der Waals surface area (Å²) in [5.74, 6) is 0. The Labute approximate surface area is 108 Å². The Kier molecular flexibility index (Phi) is 6.93. The summed E-state index contributed by atoms with van der Waals surface area (Å²) >= 11 is 4.71. The van der Waals surface area contributed by atoms with Crippen LogP contribution < -0.4 is 16.4 Å². The molecule has 0 saturated carbocycles. The molecule has 0 bridgehead atoms. The lowest BCUT2D eigenvalue weighted by Gasteiger charge is -2.26. The number of isothiocyanates is 1. The van der Waals surface area contributed by atoms with Gasteiger partial charge in [-0.1, -0.05) is 24.3 Å². The average molecular weight is 252 g/mol. The van der Waals surface area contributed by atoms with Gasteiger partial charge in [-0.25, -0.2) is 4.99 Å². The van der Waals surface area contributed by atoms with Gasteiger partial charge in [0.15, 0.2) is 0 Å². The molecule has 1 aliphatic rings. The zero-order valence-electron chi connectivity index (χ0n) is 9.98. The first-order valence-electron chi connectivity index (χ1n) is 5.88. The van der Waals surface area contributed by atoms with Crippen LogP contribution in [0.5, 0.6) is 0 Å². The van der Waals surface area contributed by atoms with Gasteiger partial charge in [0.2, 0.25) is 0 Å². The van der Waals surface area contributed by atoms with Crippen LogP contribution in [0, 0.1) is 0 Å². The molecule has 0 heterocycles. The number of allylic oxidation sites excluding steroid dienone is 2. The molecule has 94 valence electrons. The van der Waals surface area contributed by atoms with E-state index >= 15 is 0 Å². The Balaban J connectivity index is 2.29. The van der Waals surface area contributed by atoms with Crippen molar-refractivity contribution < 1.29 is 0 Å². The lowest BCUT2D eigenvalue weighted by atomic mass is 9.92. The van der Waals surface area contributed by atoms with Crippen LogP contribution >= 0.6 is 12.2 Å². The molecule has 5 heteroatoms. The number of nitrogens with one attached hydrogen (secondary N) is 2. The lowest BCUT2D eigenvalue weighted by Crippen LogP contribution is -2.40. The Morgan fingerprint density at radius 3 is 2.76 bits per heavy atom. The summed E-state index contributed by atoms with van der Waals surface area (Å²) in [5, 5.41) is 9.09. The van der Waals surface area contributed by atoms with Gasteiger partial charge in [-0.3, -0.25) is 0 Å². The van der Waals surface area contributed by atoms with Gasteiger partial charge in [0.05, 0.1) is 5.16 Å². The van der Waals surface area contributed by atoms with Gasteiger partial charge < -0.3 is 16.4 Å². The molecule has 1 rings (SSSR count). The van der Waals surface area contributed by atoms with Gasteiger partial charge in [0.25, 0.3) is 0 Å². The molecule has 4 N–H and O–H groups in total. The van der Waals surface area contributed by atoms with Crippen molar-refractivity contribution in [3.63, 3.8) is 0 Å². The smallest absolute Gasteiger partial charge is 0.105 e. The summed E-state index contributed by atoms with van der Waals surface area (Å²) < 4.78 is 0. The molecule has 0 amide bonds. The Bertz CT molecular complexity index is 320. The van der Waals surface area contributed by atoms with E-state index in [1.54, 1.807) is 0 Å². The fourth-order valence-electron chi connectivity index (χ4n) is 1.71. The molecule has 17 heavy (non-hydrogen) atoms. The summed E-state index contributed by atoms with van der Waals surface area (Å²) in [4.78, 5) is 4.27. The van der Waals surface area contributed by atoms with E-state index in [4.69, 9.17) is 18.0 Å². The van der Waals surface area contributed by atoms with Crippen molar-refractivity contribution in [1.29, 1.82) is 0 Å². The SMILES string of the molecule is NCCNCCNCC1(N=C=S)C=CC=CC1. The molecule has 0 saturated heterocycles. The van der Waals surface area contributed by atoms with Crippen molar-refractivity contribution >= 4 is 17.4 Å². The maximum Gasteiger partial charge on any atom is 0.105 e. The van der Waals surface area contributed by atoms with Gasteiger partial charge in [-0.2, -0.15) is 0 Å². The van der Waals surface area contributed by atoms with Crippen molar-refractivity contribution in [3.8, 4) is 0 Å². The summed E-state index contributed by atoms with van der Waals surface area (Å²) in [6.07, 6.45) is 9.08. The summed E-state index contributed by atoms with van der Waals surface area (Å²) in [7, 11) is 0. The molecule has 0 spiro atoms. The third kappa shape index (κ3) is 5.35. The Morgan fingerprint density at radius 1 is 1.29 bits per heavy atom. The van der Waals surface area contributed by atoms with Crippen LogP contribution in [-0.4, -0.2) is 43.4 Å². The fourth-order valence-corrected chi connectivity index (χ4v) is 1.89. The number of nitrogens with zero attached hydrogens (tertiary/aromatic N) is 1. The van der Waals surface area contributed by atoms with Gasteiger partial charge in [0.1, 0.15) is 5.54 Å². The van der Waals surface area contributed by atoms with E-state index in [0.29, 0.717) is 6.54 Å². The molecule has 0 radical (unpaired) electrons. The second-order valence-electron chi connectivity index (χ2n) is 4.01. The van der Waals surface area contributed by atoms with Gasteiger partial charge in [-0.15, -0.1) is 0 Å². The predicted molar refractivity (Wildman–Crippen MR) is 75.4 cm³/mol. The topological polar surface area (TPSA) is 62.4 Å². The minimum Gasteiger partial charge on any atom is -0.329 e. The van der Waals surface area contributed by atoms with Crippen molar-refractivity contribution in [2.45, 2.75) is 12.0 Å². The normalized spacial score (nSPS) is 22.4. The van der Waals surface area contributed by atoms with Crippen LogP contribution in [0.1, 0.15) is 6.42 Å². The quantitative estimate of drug-likeness (QED) is 0.334. The highest BCUT2D eigenvalue weighted by Gasteiger charge is 2.25. The zero-order chi connectivity index (χ0) is 12.4. The highest BCUT2D eigenvalue weighted by atomic mass is 32.1. The molecular formula is C12H20N4S. The molecule has 0 aromatic rings. The number of thiocarbonyl (C=S) groups is 1. The van der Waals surface area contributed by atoms with E-state index in [0.717, 1.165) is 32.6 Å². The zero-order valence-corrected chi connectivity index (χ0v) is 10.8. The van der Waals surface area contributed by atoms with E-state index in [-0.39, 0.29) is 5.54 Å². The highest BCUT2D eigenvalue weighted by molar-refractivity contribution is 7.78. The number of hydrogen-bond acceptors (Lipinski definition) is 5. The first-order chi connectivity index (χ1) is 8.33. The lowest BCUT2D eigenvalue weighted by molar-refractivity contribution is 0.478. The third-order valence-corrected chi connectivity index (χ3v) is 2.72. The minimum atomic E-state index is -0.246. The monoisotopic (exact) mass is 252 g/mol. The van der Waals surface area contributed by atoms with Gasteiger partial charge >= 0.3 is 0 Å². The summed E-state index contributed by atoms with van der Waals surface area (Å²) in [6, 6.07) is 0. The number of hydrogen-bond donors (Lipinski definition) is 3. The van der Waals surface area contributed by atoms with Crippen LogP contribution in [-0.2, 0) is 0 Å². The van der Waals surface area contributed by atoms with E-state index < -0.39 is 0 Å². The summed E-state index contributed by atoms with van der Waals surface area (Å²) in [5.41, 5.74) is 5.14. The predicted octanol–water partition coefficient (Wildman–Crippen LogP) is 0.482. The number of aliphatic imine (C=N–C) groups is 1. The van der Waals surface area contributed by atoms with Crippen LogP contribution in [0.15, 0.2) is 29.3 Å². The molecule has 0 aromatic carbocycles. The van der Waals surface area contributed by atoms with Crippen LogP contribution in [0.2, 0.25) is 0 Å². The minimum absolute atomic E-state index is 0.246. The molecule has 0 fully saturated rings. The maximum absolute atomic E-state index is 5.39. The highest BCUT2D eigenvalue weighted by Crippen LogP contribution is 2.21. The fraction of sp³-hybridized carbons (Fsp3) is 0.583. The van der Waals surface area contributed by atoms with E-state index in [1.165, 1.54) is 0 Å². The van der Waals surface area contributed by atoms with Gasteiger partial charge in [-0.05, 0) is 18.6 Å². The molecule has 0 aromatic heterocycles. The number of rotatable bonds is 8. The first-order valence-corrected chi connectivity index (χ1v) is 6.29. The standard InChI is InChI=1S/C12H20N4S/c13-6-7-14-8-9-15-10-12(16-11-17)4-2-1-3-5-12/h1-4,14-15H,5-10,13H2. The second kappa shape index (κ2) is 8.28. The summed E-state index contributed by atoms with van der Waals surface area (Å²) in [6.45, 7) is 4.11. The van der Waals surface area contributed by atoms with E-state index in [9.17, 15) is 0 Å². The second-order valence-corrected chi connectivity index (χ2v) is 4.20. The molecular weight excluding hydrogens is 232 g/mol. The number of nitrogens with two attached hydrogens (primary N) is 1. The molecule has 0 aliphatic heterocycles. The third-order valence-electron chi connectivity index (χ3n) is 2.62. The maximum atomic E-state index is 5.39. The van der Waals surface area contributed by atoms with Gasteiger partial charge in [0, 0.05) is 32.7 Å². The average Bonchev–Trinajstić information content (AvgIpc) is 2.35. The Morgan fingerprint density at radius 2 is 2.12 bits per heavy atom. The molecule has 1 atom stereocenters. The Hall–Kier alpha value is -0.840.